The lowest BCUT2D eigenvalue weighted by Crippen LogP contribution is -2.28. The Morgan fingerprint density at radius 1 is 1.00 bits per heavy atom. The van der Waals surface area contributed by atoms with Gasteiger partial charge in [-0.2, -0.15) is 0 Å². The maximum atomic E-state index is 3.68. The number of nitrogens with one attached hydrogen (secondary N) is 1. The largest absolute Gasteiger partial charge is 0.310 e. The third kappa shape index (κ3) is 4.82. The molecule has 120 valence electrons. The van der Waals surface area contributed by atoms with E-state index in [9.17, 15) is 0 Å². The van der Waals surface area contributed by atoms with Crippen LogP contribution in [0.25, 0.3) is 10.8 Å². The van der Waals surface area contributed by atoms with Crippen molar-refractivity contribution in [2.75, 3.05) is 19.6 Å². The molecule has 0 saturated heterocycles. The third-order valence-corrected chi connectivity index (χ3v) is 4.53. The molecule has 2 nitrogen and oxygen atoms in total. The Morgan fingerprint density at radius 3 is 2.50 bits per heavy atom. The second-order valence-corrected chi connectivity index (χ2v) is 6.09. The van der Waals surface area contributed by atoms with Gasteiger partial charge in [-0.15, -0.1) is 0 Å². The zero-order valence-corrected chi connectivity index (χ0v) is 14.3. The summed E-state index contributed by atoms with van der Waals surface area (Å²) in [6, 6.07) is 15.8. The van der Waals surface area contributed by atoms with E-state index in [1.807, 2.05) is 0 Å². The van der Waals surface area contributed by atoms with Gasteiger partial charge in [-0.3, -0.25) is 0 Å². The first kappa shape index (κ1) is 17.0. The van der Waals surface area contributed by atoms with Crippen molar-refractivity contribution in [2.45, 2.75) is 46.2 Å². The van der Waals surface area contributed by atoms with Crippen LogP contribution in [0.5, 0.6) is 0 Å². The van der Waals surface area contributed by atoms with Gasteiger partial charge >= 0.3 is 0 Å². The van der Waals surface area contributed by atoms with E-state index in [1.54, 1.807) is 0 Å². The molecule has 0 aromatic heterocycles. The Morgan fingerprint density at radius 2 is 1.73 bits per heavy atom. The highest BCUT2D eigenvalue weighted by molar-refractivity contribution is 5.85. The maximum Gasteiger partial charge on any atom is 0.0214 e. The highest BCUT2D eigenvalue weighted by Crippen LogP contribution is 2.18. The average Bonchev–Trinajstić information content (AvgIpc) is 2.57. The molecule has 0 radical (unpaired) electrons. The SMILES string of the molecule is CCN(CC)CCCC(C)NCc1cccc2ccccc12. The molecule has 0 aliphatic rings. The van der Waals surface area contributed by atoms with Gasteiger partial charge in [0.1, 0.15) is 0 Å². The van der Waals surface area contributed by atoms with Gasteiger partial charge in [-0.05, 0) is 55.7 Å². The smallest absolute Gasteiger partial charge is 0.0214 e. The molecule has 0 amide bonds. The summed E-state index contributed by atoms with van der Waals surface area (Å²) in [4.78, 5) is 2.50. The fourth-order valence-corrected chi connectivity index (χ4v) is 2.99. The van der Waals surface area contributed by atoms with E-state index in [0.29, 0.717) is 6.04 Å². The standard InChI is InChI=1S/C20H30N2/c1-4-22(5-2)15-9-10-17(3)21-16-19-13-8-12-18-11-6-7-14-20(18)19/h6-8,11-14,17,21H,4-5,9-10,15-16H2,1-3H3. The maximum absolute atomic E-state index is 3.68. The molecule has 0 saturated carbocycles. The van der Waals surface area contributed by atoms with Crippen LogP contribution in [0.15, 0.2) is 42.5 Å². The lowest BCUT2D eigenvalue weighted by atomic mass is 10.0. The molecule has 0 spiro atoms. The minimum absolute atomic E-state index is 0.564. The second kappa shape index (κ2) is 8.92. The van der Waals surface area contributed by atoms with Crippen molar-refractivity contribution >= 4 is 10.8 Å². The molecule has 0 fully saturated rings. The van der Waals surface area contributed by atoms with E-state index in [1.165, 1.54) is 35.7 Å². The average molecular weight is 298 g/mol. The van der Waals surface area contributed by atoms with Crippen LogP contribution in [0, 0.1) is 0 Å². The van der Waals surface area contributed by atoms with Crippen molar-refractivity contribution < 1.29 is 0 Å². The Bertz CT molecular complexity index is 555. The van der Waals surface area contributed by atoms with Crippen molar-refractivity contribution in [2.24, 2.45) is 0 Å². The summed E-state index contributed by atoms with van der Waals surface area (Å²) in [7, 11) is 0. The molecule has 2 aromatic rings. The summed E-state index contributed by atoms with van der Waals surface area (Å²) < 4.78 is 0. The first-order chi connectivity index (χ1) is 10.7. The van der Waals surface area contributed by atoms with Crippen LogP contribution in [0.4, 0.5) is 0 Å². The fraction of sp³-hybridized carbons (Fsp3) is 0.500. The van der Waals surface area contributed by atoms with Crippen molar-refractivity contribution in [1.29, 1.82) is 0 Å². The molecule has 2 aromatic carbocycles. The normalized spacial score (nSPS) is 12.9. The number of hydrogen-bond acceptors (Lipinski definition) is 2. The summed E-state index contributed by atoms with van der Waals surface area (Å²) in [5.41, 5.74) is 1.40. The molecule has 2 rings (SSSR count). The van der Waals surface area contributed by atoms with Crippen LogP contribution in [0.2, 0.25) is 0 Å². The van der Waals surface area contributed by atoms with Gasteiger partial charge in [0.15, 0.2) is 0 Å². The first-order valence-corrected chi connectivity index (χ1v) is 8.67. The van der Waals surface area contributed by atoms with Crippen LogP contribution in [-0.4, -0.2) is 30.6 Å². The summed E-state index contributed by atoms with van der Waals surface area (Å²) in [6.45, 7) is 11.3. The highest BCUT2D eigenvalue weighted by atomic mass is 15.1. The lowest BCUT2D eigenvalue weighted by Gasteiger charge is -2.20. The summed E-state index contributed by atoms with van der Waals surface area (Å²) in [5.74, 6) is 0. The molecule has 0 bridgehead atoms. The molecule has 0 aliphatic heterocycles. The first-order valence-electron chi connectivity index (χ1n) is 8.67. The molecule has 0 aliphatic carbocycles. The number of benzene rings is 2. The van der Waals surface area contributed by atoms with Gasteiger partial charge in [0.05, 0.1) is 0 Å². The molecule has 22 heavy (non-hydrogen) atoms. The zero-order chi connectivity index (χ0) is 15.8. The molecule has 0 heterocycles. The molecule has 1 N–H and O–H groups in total. The Labute approximate surface area is 135 Å². The Hall–Kier alpha value is -1.38. The summed E-state index contributed by atoms with van der Waals surface area (Å²) in [6.07, 6.45) is 2.51. The molecule has 2 heteroatoms. The van der Waals surface area contributed by atoms with Gasteiger partial charge in [-0.25, -0.2) is 0 Å². The third-order valence-electron chi connectivity index (χ3n) is 4.53. The molecular weight excluding hydrogens is 268 g/mol. The van der Waals surface area contributed by atoms with Crippen LogP contribution in [-0.2, 0) is 6.54 Å². The van der Waals surface area contributed by atoms with E-state index < -0.39 is 0 Å². The highest BCUT2D eigenvalue weighted by Gasteiger charge is 2.05. The summed E-state index contributed by atoms with van der Waals surface area (Å²) in [5, 5.41) is 6.38. The van der Waals surface area contributed by atoms with E-state index in [4.69, 9.17) is 0 Å². The number of rotatable bonds is 9. The van der Waals surface area contributed by atoms with Crippen molar-refractivity contribution in [3.05, 3.63) is 48.0 Å². The second-order valence-electron chi connectivity index (χ2n) is 6.09. The van der Waals surface area contributed by atoms with Gasteiger partial charge in [0, 0.05) is 12.6 Å². The van der Waals surface area contributed by atoms with Crippen LogP contribution >= 0.6 is 0 Å². The minimum Gasteiger partial charge on any atom is -0.310 e. The van der Waals surface area contributed by atoms with E-state index in [-0.39, 0.29) is 0 Å². The lowest BCUT2D eigenvalue weighted by molar-refractivity contribution is 0.290. The molecule has 1 atom stereocenters. The van der Waals surface area contributed by atoms with Gasteiger partial charge in [0.2, 0.25) is 0 Å². The van der Waals surface area contributed by atoms with Gasteiger partial charge in [0.25, 0.3) is 0 Å². The molecule has 1 unspecified atom stereocenters. The predicted molar refractivity (Wildman–Crippen MR) is 97.3 cm³/mol. The van der Waals surface area contributed by atoms with E-state index in [0.717, 1.165) is 19.6 Å². The monoisotopic (exact) mass is 298 g/mol. The molecular formula is C20H30N2. The van der Waals surface area contributed by atoms with Crippen LogP contribution < -0.4 is 5.32 Å². The van der Waals surface area contributed by atoms with Gasteiger partial charge < -0.3 is 10.2 Å². The van der Waals surface area contributed by atoms with Crippen LogP contribution in [0.3, 0.4) is 0 Å². The van der Waals surface area contributed by atoms with Crippen molar-refractivity contribution in [3.63, 3.8) is 0 Å². The topological polar surface area (TPSA) is 15.3 Å². The van der Waals surface area contributed by atoms with Crippen molar-refractivity contribution in [1.82, 2.24) is 10.2 Å². The van der Waals surface area contributed by atoms with E-state index >= 15 is 0 Å². The fourth-order valence-electron chi connectivity index (χ4n) is 2.99. The predicted octanol–water partition coefficient (Wildman–Crippen LogP) is 4.44. The van der Waals surface area contributed by atoms with Crippen molar-refractivity contribution in [3.8, 4) is 0 Å². The number of hydrogen-bond donors (Lipinski definition) is 1. The van der Waals surface area contributed by atoms with Crippen LogP contribution in [0.1, 0.15) is 39.2 Å². The Kier molecular flexibility index (Phi) is 6.88. The van der Waals surface area contributed by atoms with E-state index in [2.05, 4.69) is 73.5 Å². The minimum atomic E-state index is 0.564. The number of nitrogens with zero attached hydrogens (tertiary/aromatic N) is 1. The number of fused-ring (bicyclic) bond motifs is 1. The zero-order valence-electron chi connectivity index (χ0n) is 14.3. The summed E-state index contributed by atoms with van der Waals surface area (Å²) >= 11 is 0. The quantitative estimate of drug-likeness (QED) is 0.736. The van der Waals surface area contributed by atoms with Gasteiger partial charge in [-0.1, -0.05) is 56.3 Å². The Balaban J connectivity index is 1.81.